The molecule has 4 heteroatoms. The average molecular weight is 363 g/mol. The summed E-state index contributed by atoms with van der Waals surface area (Å²) in [5.74, 6) is -1.24. The Morgan fingerprint density at radius 3 is 1.38 bits per heavy atom. The molecule has 0 aromatic rings. The number of carbonyl (C=O) groups excluding carboxylic acids is 2. The number of esters is 2. The predicted molar refractivity (Wildman–Crippen MR) is 101 cm³/mol. The second kappa shape index (κ2) is 8.14. The molecule has 4 nitrogen and oxygen atoms in total. The van der Waals surface area contributed by atoms with Gasteiger partial charge in [-0.2, -0.15) is 0 Å². The summed E-state index contributed by atoms with van der Waals surface area (Å²) in [6, 6.07) is 0. The lowest BCUT2D eigenvalue weighted by molar-refractivity contribution is -0.179. The van der Waals surface area contributed by atoms with Gasteiger partial charge in [-0.25, -0.2) is 0 Å². The molecule has 0 aliphatic heterocycles. The number of rotatable bonds is 4. The largest absolute Gasteiger partial charge is 0.459 e. The summed E-state index contributed by atoms with van der Waals surface area (Å²) in [5.41, 5.74) is -0.722. The molecule has 0 N–H and O–H groups in total. The maximum Gasteiger partial charge on any atom is 0.310 e. The van der Waals surface area contributed by atoms with Crippen LogP contribution in [0.15, 0.2) is 12.2 Å². The van der Waals surface area contributed by atoms with E-state index < -0.39 is 11.8 Å². The van der Waals surface area contributed by atoms with Crippen molar-refractivity contribution in [3.63, 3.8) is 0 Å². The summed E-state index contributed by atoms with van der Waals surface area (Å²) in [6.45, 7) is 4.08. The molecule has 0 amide bonds. The number of hydrogen-bond donors (Lipinski definition) is 0. The maximum absolute atomic E-state index is 12.9. The lowest BCUT2D eigenvalue weighted by Gasteiger charge is -2.37. The van der Waals surface area contributed by atoms with Crippen LogP contribution in [0.1, 0.15) is 90.9 Å². The molecule has 2 atom stereocenters. The molecule has 0 radical (unpaired) electrons. The summed E-state index contributed by atoms with van der Waals surface area (Å²) in [7, 11) is 0. The number of allylic oxidation sites excluding steroid dienone is 2. The smallest absolute Gasteiger partial charge is 0.310 e. The maximum atomic E-state index is 12.9. The second-order valence-corrected chi connectivity index (χ2v) is 9.02. The third-order valence-corrected chi connectivity index (χ3v) is 6.55. The Kier molecular flexibility index (Phi) is 6.09. The summed E-state index contributed by atoms with van der Waals surface area (Å²) < 4.78 is 11.9. The van der Waals surface area contributed by atoms with Crippen LogP contribution in [0.3, 0.4) is 0 Å². The highest BCUT2D eigenvalue weighted by molar-refractivity contribution is 5.83. The lowest BCUT2D eigenvalue weighted by Crippen LogP contribution is -2.42. The minimum absolute atomic E-state index is 0.213. The molecule has 0 aromatic carbocycles. The number of ether oxygens (including phenoxy) is 2. The Bertz CT molecular complexity index is 490. The summed E-state index contributed by atoms with van der Waals surface area (Å²) in [4.78, 5) is 25.8. The molecule has 2 unspecified atom stereocenters. The molecule has 3 rings (SSSR count). The molecule has 3 aliphatic rings. The first-order valence-corrected chi connectivity index (χ1v) is 10.5. The zero-order chi connectivity index (χ0) is 18.6. The fraction of sp³-hybridized carbons (Fsp3) is 0.818. The highest BCUT2D eigenvalue weighted by Gasteiger charge is 2.42. The van der Waals surface area contributed by atoms with Crippen LogP contribution >= 0.6 is 0 Å². The van der Waals surface area contributed by atoms with Crippen LogP contribution in [0.5, 0.6) is 0 Å². The van der Waals surface area contributed by atoms with E-state index in [4.69, 9.17) is 9.47 Å². The molecular weight excluding hydrogens is 328 g/mol. The minimum Gasteiger partial charge on any atom is -0.459 e. The Hall–Kier alpha value is -1.32. The fourth-order valence-electron chi connectivity index (χ4n) is 4.78. The van der Waals surface area contributed by atoms with Crippen molar-refractivity contribution in [1.29, 1.82) is 0 Å². The second-order valence-electron chi connectivity index (χ2n) is 9.02. The van der Waals surface area contributed by atoms with Gasteiger partial charge in [0.05, 0.1) is 11.8 Å². The van der Waals surface area contributed by atoms with Crippen molar-refractivity contribution >= 4 is 11.9 Å². The number of carbonyl (C=O) groups is 2. The van der Waals surface area contributed by atoms with Crippen LogP contribution in [0.2, 0.25) is 0 Å². The van der Waals surface area contributed by atoms with Gasteiger partial charge in [-0.05, 0) is 78.1 Å². The van der Waals surface area contributed by atoms with E-state index in [2.05, 4.69) is 0 Å². The van der Waals surface area contributed by atoms with Crippen LogP contribution in [0.4, 0.5) is 0 Å². The van der Waals surface area contributed by atoms with Gasteiger partial charge in [-0.3, -0.25) is 9.59 Å². The molecule has 2 fully saturated rings. The molecule has 0 aromatic heterocycles. The van der Waals surface area contributed by atoms with Crippen molar-refractivity contribution < 1.29 is 19.1 Å². The number of hydrogen-bond acceptors (Lipinski definition) is 4. The molecule has 0 saturated heterocycles. The zero-order valence-electron chi connectivity index (χ0n) is 16.4. The van der Waals surface area contributed by atoms with E-state index in [1.54, 1.807) is 0 Å². The third-order valence-electron chi connectivity index (χ3n) is 6.55. The van der Waals surface area contributed by atoms with E-state index in [0.29, 0.717) is 12.8 Å². The van der Waals surface area contributed by atoms with Gasteiger partial charge in [-0.15, -0.1) is 0 Å². The summed E-state index contributed by atoms with van der Waals surface area (Å²) >= 11 is 0. The standard InChI is InChI=1S/C22H34O4/c1-21(13-7-3-8-14-21)25-19(23)17-11-5-6-12-18(17)20(24)26-22(2)15-9-4-10-16-22/h5-6,17-18H,3-4,7-16H2,1-2H3. The van der Waals surface area contributed by atoms with E-state index in [1.165, 1.54) is 12.8 Å². The van der Waals surface area contributed by atoms with Crippen LogP contribution in [-0.2, 0) is 19.1 Å². The van der Waals surface area contributed by atoms with Crippen molar-refractivity contribution in [2.45, 2.75) is 102 Å². The third kappa shape index (κ3) is 4.69. The van der Waals surface area contributed by atoms with Gasteiger partial charge in [0, 0.05) is 0 Å². The first-order valence-electron chi connectivity index (χ1n) is 10.5. The zero-order valence-corrected chi connectivity index (χ0v) is 16.4. The summed E-state index contributed by atoms with van der Waals surface area (Å²) in [6.07, 6.45) is 15.7. The Balaban J connectivity index is 1.64. The van der Waals surface area contributed by atoms with Gasteiger partial charge in [0.15, 0.2) is 0 Å². The van der Waals surface area contributed by atoms with E-state index >= 15 is 0 Å². The normalized spacial score (nSPS) is 30.4. The molecule has 26 heavy (non-hydrogen) atoms. The Morgan fingerprint density at radius 2 is 1.04 bits per heavy atom. The molecule has 146 valence electrons. The van der Waals surface area contributed by atoms with Gasteiger partial charge in [0.1, 0.15) is 11.2 Å². The SMILES string of the molecule is CC1(OC(=O)C2CC=CCC2C(=O)OC2(C)CCCCC2)CCCCC1. The van der Waals surface area contributed by atoms with Gasteiger partial charge < -0.3 is 9.47 Å². The first-order chi connectivity index (χ1) is 12.4. The van der Waals surface area contributed by atoms with Crippen molar-refractivity contribution in [1.82, 2.24) is 0 Å². The Morgan fingerprint density at radius 1 is 0.692 bits per heavy atom. The van der Waals surface area contributed by atoms with E-state index in [9.17, 15) is 9.59 Å². The predicted octanol–water partition coefficient (Wildman–Crippen LogP) is 5.10. The first kappa shape index (κ1) is 19.4. The van der Waals surface area contributed by atoms with Crippen molar-refractivity contribution in [3.05, 3.63) is 12.2 Å². The molecular formula is C22H34O4. The van der Waals surface area contributed by atoms with Crippen molar-refractivity contribution in [2.24, 2.45) is 11.8 Å². The summed E-state index contributed by atoms with van der Waals surface area (Å²) in [5, 5.41) is 0. The van der Waals surface area contributed by atoms with Crippen molar-refractivity contribution in [2.75, 3.05) is 0 Å². The highest BCUT2D eigenvalue weighted by Crippen LogP contribution is 2.37. The molecule has 0 bridgehead atoms. The van der Waals surface area contributed by atoms with Gasteiger partial charge in [0.25, 0.3) is 0 Å². The van der Waals surface area contributed by atoms with Gasteiger partial charge >= 0.3 is 11.9 Å². The van der Waals surface area contributed by atoms with E-state index in [-0.39, 0.29) is 23.1 Å². The average Bonchev–Trinajstić information content (AvgIpc) is 2.62. The molecule has 2 saturated carbocycles. The van der Waals surface area contributed by atoms with Gasteiger partial charge in [-0.1, -0.05) is 25.0 Å². The van der Waals surface area contributed by atoms with Crippen LogP contribution < -0.4 is 0 Å². The van der Waals surface area contributed by atoms with Gasteiger partial charge in [0.2, 0.25) is 0 Å². The monoisotopic (exact) mass is 362 g/mol. The Labute approximate surface area is 157 Å². The van der Waals surface area contributed by atoms with Crippen LogP contribution in [0.25, 0.3) is 0 Å². The lowest BCUT2D eigenvalue weighted by atomic mass is 9.81. The minimum atomic E-state index is -0.404. The highest BCUT2D eigenvalue weighted by atomic mass is 16.6. The van der Waals surface area contributed by atoms with Crippen LogP contribution in [-0.4, -0.2) is 23.1 Å². The topological polar surface area (TPSA) is 52.6 Å². The fourth-order valence-corrected chi connectivity index (χ4v) is 4.78. The van der Waals surface area contributed by atoms with Crippen LogP contribution in [0, 0.1) is 11.8 Å². The molecule has 3 aliphatic carbocycles. The van der Waals surface area contributed by atoms with Crippen molar-refractivity contribution in [3.8, 4) is 0 Å². The molecule has 0 heterocycles. The molecule has 0 spiro atoms. The van der Waals surface area contributed by atoms with E-state index in [0.717, 1.165) is 51.4 Å². The van der Waals surface area contributed by atoms with E-state index in [1.807, 2.05) is 26.0 Å². The quantitative estimate of drug-likeness (QED) is 0.516.